The maximum atomic E-state index is 12.7. The van der Waals surface area contributed by atoms with Crippen LogP contribution >= 0.6 is 0 Å². The molecule has 0 saturated carbocycles. The third-order valence-corrected chi connectivity index (χ3v) is 1.67. The fourth-order valence-corrected chi connectivity index (χ4v) is 0.970. The van der Waals surface area contributed by atoms with Crippen LogP contribution in [0.4, 0.5) is 4.39 Å². The van der Waals surface area contributed by atoms with Crippen LogP contribution in [0, 0.1) is 0 Å². The molecule has 0 saturated heterocycles. The van der Waals surface area contributed by atoms with Crippen LogP contribution in [0.15, 0.2) is 11.9 Å². The summed E-state index contributed by atoms with van der Waals surface area (Å²) in [7, 11) is 0. The topological polar surface area (TPSA) is 3.24 Å². The van der Waals surface area contributed by atoms with Crippen molar-refractivity contribution in [3.8, 4) is 0 Å². The molecule has 0 heterocycles. The molecule has 0 aromatic heterocycles. The molecule has 0 aliphatic carbocycles. The smallest absolute Gasteiger partial charge is 0.110 e. The van der Waals surface area contributed by atoms with Gasteiger partial charge in [0, 0.05) is 6.54 Å². The van der Waals surface area contributed by atoms with Crippen molar-refractivity contribution in [2.24, 2.45) is 0 Å². The third-order valence-electron chi connectivity index (χ3n) is 1.67. The van der Waals surface area contributed by atoms with Crippen molar-refractivity contribution in [3.05, 3.63) is 11.9 Å². The monoisotopic (exact) mass is 159 g/mol. The third kappa shape index (κ3) is 4.96. The molecule has 0 aliphatic heterocycles. The van der Waals surface area contributed by atoms with Crippen molar-refractivity contribution in [1.82, 2.24) is 4.90 Å². The summed E-state index contributed by atoms with van der Waals surface area (Å²) >= 11 is 0. The minimum Gasteiger partial charge on any atom is -0.297 e. The van der Waals surface area contributed by atoms with Gasteiger partial charge in [-0.1, -0.05) is 19.9 Å². The van der Waals surface area contributed by atoms with Gasteiger partial charge < -0.3 is 0 Å². The van der Waals surface area contributed by atoms with E-state index in [4.69, 9.17) is 0 Å². The molecule has 0 aliphatic rings. The summed E-state index contributed by atoms with van der Waals surface area (Å²) < 4.78 is 12.7. The summed E-state index contributed by atoms with van der Waals surface area (Å²) in [6, 6.07) is 0. The van der Waals surface area contributed by atoms with E-state index in [2.05, 4.69) is 18.7 Å². The Morgan fingerprint density at radius 1 is 1.45 bits per heavy atom. The first-order valence-electron chi connectivity index (χ1n) is 4.27. The van der Waals surface area contributed by atoms with Gasteiger partial charge in [0.15, 0.2) is 0 Å². The van der Waals surface area contributed by atoms with E-state index in [1.807, 2.05) is 0 Å². The molecule has 0 atom stereocenters. The first-order chi connectivity index (χ1) is 5.24. The normalized spacial score (nSPS) is 12.6. The summed E-state index contributed by atoms with van der Waals surface area (Å²) in [5.74, 6) is -0.0275. The zero-order valence-corrected chi connectivity index (χ0v) is 7.73. The van der Waals surface area contributed by atoms with Gasteiger partial charge in [0.25, 0.3) is 0 Å². The maximum absolute atomic E-state index is 12.7. The Labute approximate surface area is 68.9 Å². The molecular formula is C9H18FN. The summed E-state index contributed by atoms with van der Waals surface area (Å²) in [6.45, 7) is 8.28. The SMILES string of the molecule is C/C=C(/F)CN(CC)CCC. The quantitative estimate of drug-likeness (QED) is 0.596. The molecule has 0 spiro atoms. The lowest BCUT2D eigenvalue weighted by atomic mass is 10.3. The van der Waals surface area contributed by atoms with E-state index in [0.717, 1.165) is 19.5 Å². The van der Waals surface area contributed by atoms with Crippen LogP contribution in [-0.4, -0.2) is 24.5 Å². The zero-order valence-electron chi connectivity index (χ0n) is 7.73. The number of rotatable bonds is 5. The first-order valence-corrected chi connectivity index (χ1v) is 4.27. The summed E-state index contributed by atoms with van der Waals surface area (Å²) in [5.41, 5.74) is 0. The minimum absolute atomic E-state index is 0.0275. The number of likely N-dealkylation sites (N-methyl/N-ethyl adjacent to an activating group) is 1. The molecule has 1 nitrogen and oxygen atoms in total. The Bertz CT molecular complexity index is 121. The van der Waals surface area contributed by atoms with Crippen molar-refractivity contribution >= 4 is 0 Å². The number of nitrogens with zero attached hydrogens (tertiary/aromatic N) is 1. The average Bonchev–Trinajstić information content (AvgIpc) is 2.03. The number of hydrogen-bond donors (Lipinski definition) is 0. The molecule has 2 heteroatoms. The Morgan fingerprint density at radius 2 is 2.09 bits per heavy atom. The highest BCUT2D eigenvalue weighted by Crippen LogP contribution is 2.00. The van der Waals surface area contributed by atoms with Gasteiger partial charge in [-0.25, -0.2) is 4.39 Å². The fraction of sp³-hybridized carbons (Fsp3) is 0.778. The van der Waals surface area contributed by atoms with Gasteiger partial charge in [-0.3, -0.25) is 4.90 Å². The molecular weight excluding hydrogens is 141 g/mol. The Morgan fingerprint density at radius 3 is 2.45 bits per heavy atom. The van der Waals surface area contributed by atoms with Crippen LogP contribution in [-0.2, 0) is 0 Å². The molecule has 0 radical (unpaired) electrons. The predicted molar refractivity (Wildman–Crippen MR) is 47.3 cm³/mol. The first kappa shape index (κ1) is 10.6. The predicted octanol–water partition coefficient (Wildman–Crippen LogP) is 2.59. The van der Waals surface area contributed by atoms with Crippen molar-refractivity contribution in [3.63, 3.8) is 0 Å². The fourth-order valence-electron chi connectivity index (χ4n) is 0.970. The van der Waals surface area contributed by atoms with Crippen LogP contribution in [0.3, 0.4) is 0 Å². The molecule has 0 fully saturated rings. The van der Waals surface area contributed by atoms with Gasteiger partial charge in [0.2, 0.25) is 0 Å². The van der Waals surface area contributed by atoms with Crippen molar-refractivity contribution < 1.29 is 4.39 Å². The van der Waals surface area contributed by atoms with Crippen molar-refractivity contribution in [2.75, 3.05) is 19.6 Å². The molecule has 0 aromatic rings. The van der Waals surface area contributed by atoms with Crippen molar-refractivity contribution in [1.29, 1.82) is 0 Å². The average molecular weight is 159 g/mol. The highest BCUT2D eigenvalue weighted by atomic mass is 19.1. The standard InChI is InChI=1S/C9H18FN/c1-4-7-11(6-3)8-9(10)5-2/h5H,4,6-8H2,1-3H3/b9-5+. The molecule has 0 N–H and O–H groups in total. The van der Waals surface area contributed by atoms with E-state index < -0.39 is 0 Å². The second-order valence-corrected chi connectivity index (χ2v) is 2.60. The maximum Gasteiger partial charge on any atom is 0.110 e. The van der Waals surface area contributed by atoms with Crippen LogP contribution < -0.4 is 0 Å². The second kappa shape index (κ2) is 6.35. The van der Waals surface area contributed by atoms with Crippen LogP contribution in [0.2, 0.25) is 0 Å². The lowest BCUT2D eigenvalue weighted by Crippen LogP contribution is -2.25. The van der Waals surface area contributed by atoms with E-state index >= 15 is 0 Å². The summed E-state index contributed by atoms with van der Waals surface area (Å²) in [4.78, 5) is 2.09. The van der Waals surface area contributed by atoms with Crippen molar-refractivity contribution in [2.45, 2.75) is 27.2 Å². The Balaban J connectivity index is 3.68. The molecule has 0 rings (SSSR count). The van der Waals surface area contributed by atoms with E-state index in [1.165, 1.54) is 6.08 Å². The zero-order chi connectivity index (χ0) is 8.69. The van der Waals surface area contributed by atoms with E-state index in [0.29, 0.717) is 6.54 Å². The molecule has 0 unspecified atom stereocenters. The molecule has 0 aromatic carbocycles. The highest BCUT2D eigenvalue weighted by molar-refractivity contribution is 4.91. The lowest BCUT2D eigenvalue weighted by molar-refractivity contribution is 0.292. The Hall–Kier alpha value is -0.370. The van der Waals surface area contributed by atoms with Crippen LogP contribution in [0.5, 0.6) is 0 Å². The second-order valence-electron chi connectivity index (χ2n) is 2.60. The summed E-state index contributed by atoms with van der Waals surface area (Å²) in [6.07, 6.45) is 2.61. The van der Waals surface area contributed by atoms with Crippen LogP contribution in [0.1, 0.15) is 27.2 Å². The number of halogens is 1. The van der Waals surface area contributed by atoms with E-state index in [1.54, 1.807) is 6.92 Å². The van der Waals surface area contributed by atoms with Gasteiger partial charge in [-0.2, -0.15) is 0 Å². The van der Waals surface area contributed by atoms with Gasteiger partial charge in [-0.05, 0) is 26.4 Å². The highest BCUT2D eigenvalue weighted by Gasteiger charge is 2.02. The minimum atomic E-state index is -0.0275. The van der Waals surface area contributed by atoms with E-state index in [-0.39, 0.29) is 5.83 Å². The van der Waals surface area contributed by atoms with Gasteiger partial charge in [0.05, 0.1) is 0 Å². The molecule has 0 amide bonds. The number of hydrogen-bond acceptors (Lipinski definition) is 1. The summed E-state index contributed by atoms with van der Waals surface area (Å²) in [5, 5.41) is 0. The number of allylic oxidation sites excluding steroid dienone is 1. The van der Waals surface area contributed by atoms with Gasteiger partial charge in [0.1, 0.15) is 5.83 Å². The van der Waals surface area contributed by atoms with Crippen LogP contribution in [0.25, 0.3) is 0 Å². The molecule has 66 valence electrons. The molecule has 0 bridgehead atoms. The lowest BCUT2D eigenvalue weighted by Gasteiger charge is -2.17. The molecule has 11 heavy (non-hydrogen) atoms. The van der Waals surface area contributed by atoms with Gasteiger partial charge in [-0.15, -0.1) is 0 Å². The largest absolute Gasteiger partial charge is 0.297 e. The van der Waals surface area contributed by atoms with E-state index in [9.17, 15) is 4.39 Å². The van der Waals surface area contributed by atoms with Gasteiger partial charge >= 0.3 is 0 Å². The Kier molecular flexibility index (Phi) is 6.13.